The SMILES string of the molecule is CCCCC(CC)C(C)(C#CO)Oc1ccc([B]c2ccc(O)cc2)cc1. The minimum absolute atomic E-state index is 0.250. The molecule has 2 N–H and O–H groups in total. The molecule has 0 spiro atoms. The van der Waals surface area contributed by atoms with Crippen LogP contribution in [0.3, 0.4) is 0 Å². The van der Waals surface area contributed by atoms with Crippen molar-refractivity contribution in [2.45, 2.75) is 52.1 Å². The first-order chi connectivity index (χ1) is 13.0. The van der Waals surface area contributed by atoms with Gasteiger partial charge in [-0.2, -0.15) is 0 Å². The van der Waals surface area contributed by atoms with Gasteiger partial charge in [-0.05, 0) is 50.0 Å². The van der Waals surface area contributed by atoms with Gasteiger partial charge in [-0.3, -0.25) is 0 Å². The van der Waals surface area contributed by atoms with Crippen LogP contribution in [0.5, 0.6) is 11.5 Å². The fraction of sp³-hybridized carbons (Fsp3) is 0.391. The number of hydrogen-bond donors (Lipinski definition) is 2. The molecule has 3 nitrogen and oxygen atoms in total. The van der Waals surface area contributed by atoms with Crippen molar-refractivity contribution in [3.63, 3.8) is 0 Å². The summed E-state index contributed by atoms with van der Waals surface area (Å²) in [7, 11) is 2.03. The maximum atomic E-state index is 9.37. The number of aliphatic hydroxyl groups is 1. The van der Waals surface area contributed by atoms with E-state index < -0.39 is 5.60 Å². The molecular formula is C23H28BO3. The van der Waals surface area contributed by atoms with Crippen LogP contribution in [0.25, 0.3) is 0 Å². The molecule has 0 bridgehead atoms. The van der Waals surface area contributed by atoms with Gasteiger partial charge in [0.2, 0.25) is 0 Å². The van der Waals surface area contributed by atoms with Crippen molar-refractivity contribution in [2.75, 3.05) is 0 Å². The Morgan fingerprint density at radius 2 is 1.63 bits per heavy atom. The van der Waals surface area contributed by atoms with Crippen molar-refractivity contribution >= 4 is 18.2 Å². The lowest BCUT2D eigenvalue weighted by Gasteiger charge is -2.33. The quantitative estimate of drug-likeness (QED) is 0.527. The Morgan fingerprint density at radius 3 is 2.15 bits per heavy atom. The zero-order valence-electron chi connectivity index (χ0n) is 16.4. The number of phenols is 1. The van der Waals surface area contributed by atoms with Crippen LogP contribution in [-0.2, 0) is 0 Å². The highest BCUT2D eigenvalue weighted by molar-refractivity contribution is 6.67. The molecule has 0 saturated carbocycles. The van der Waals surface area contributed by atoms with Crippen LogP contribution in [0.15, 0.2) is 48.5 Å². The number of ether oxygens (including phenoxy) is 1. The molecule has 2 unspecified atom stereocenters. The first kappa shape index (κ1) is 20.8. The number of phenolic OH excluding ortho intramolecular Hbond substituents is 1. The fourth-order valence-electron chi connectivity index (χ4n) is 3.28. The Bertz CT molecular complexity index is 759. The van der Waals surface area contributed by atoms with Gasteiger partial charge in [-0.1, -0.05) is 61.9 Å². The molecule has 4 heteroatoms. The summed E-state index contributed by atoms with van der Waals surface area (Å²) in [6.45, 7) is 6.26. The molecule has 0 aliphatic carbocycles. The minimum atomic E-state index is -0.721. The largest absolute Gasteiger partial charge is 0.508 e. The third kappa shape index (κ3) is 6.00. The molecular weight excluding hydrogens is 335 g/mol. The second kappa shape index (κ2) is 9.97. The van der Waals surface area contributed by atoms with Gasteiger partial charge in [0.15, 0.2) is 12.9 Å². The van der Waals surface area contributed by atoms with E-state index in [9.17, 15) is 10.2 Å². The molecule has 0 aliphatic rings. The smallest absolute Gasteiger partial charge is 0.191 e. The van der Waals surface area contributed by atoms with Gasteiger partial charge in [0.1, 0.15) is 17.6 Å². The van der Waals surface area contributed by atoms with E-state index in [4.69, 9.17) is 4.74 Å². The normalized spacial score (nSPS) is 13.7. The second-order valence-corrected chi connectivity index (χ2v) is 7.00. The second-order valence-electron chi connectivity index (χ2n) is 7.00. The number of rotatable bonds is 9. The van der Waals surface area contributed by atoms with Crippen molar-refractivity contribution in [1.29, 1.82) is 0 Å². The van der Waals surface area contributed by atoms with Crippen molar-refractivity contribution < 1.29 is 14.9 Å². The van der Waals surface area contributed by atoms with Crippen LogP contribution in [0, 0.1) is 17.9 Å². The summed E-state index contributed by atoms with van der Waals surface area (Å²) < 4.78 is 6.23. The highest BCUT2D eigenvalue weighted by atomic mass is 16.5. The molecule has 27 heavy (non-hydrogen) atoms. The van der Waals surface area contributed by atoms with Gasteiger partial charge in [0, 0.05) is 5.92 Å². The van der Waals surface area contributed by atoms with Crippen LogP contribution in [0.1, 0.15) is 46.5 Å². The number of unbranched alkanes of at least 4 members (excludes halogenated alkanes) is 1. The van der Waals surface area contributed by atoms with Gasteiger partial charge in [0.25, 0.3) is 0 Å². The molecule has 2 atom stereocenters. The van der Waals surface area contributed by atoms with Crippen molar-refractivity contribution in [2.24, 2.45) is 5.92 Å². The topological polar surface area (TPSA) is 49.7 Å². The Hall–Kier alpha value is -2.54. The van der Waals surface area contributed by atoms with Gasteiger partial charge in [-0.25, -0.2) is 0 Å². The van der Waals surface area contributed by atoms with Crippen molar-refractivity contribution in [1.82, 2.24) is 0 Å². The van der Waals surface area contributed by atoms with E-state index in [2.05, 4.69) is 25.9 Å². The van der Waals surface area contributed by atoms with E-state index in [0.29, 0.717) is 0 Å². The first-order valence-electron chi connectivity index (χ1n) is 9.59. The third-order valence-electron chi connectivity index (χ3n) is 4.92. The lowest BCUT2D eigenvalue weighted by molar-refractivity contribution is 0.0729. The molecule has 0 aliphatic heterocycles. The van der Waals surface area contributed by atoms with Crippen LogP contribution < -0.4 is 15.7 Å². The maximum absolute atomic E-state index is 9.37. The van der Waals surface area contributed by atoms with Gasteiger partial charge in [0.05, 0.1) is 0 Å². The molecule has 0 fully saturated rings. The third-order valence-corrected chi connectivity index (χ3v) is 4.92. The standard InChI is InChI=1S/C23H28BO3/c1-4-6-7-18(5-2)23(3,16-17-25)27-22-14-10-20(11-15-22)24-19-8-12-21(26)13-9-19/h8-15,18,25-26H,4-7H2,1-3H3. The molecule has 2 aromatic carbocycles. The Morgan fingerprint density at radius 1 is 1.04 bits per heavy atom. The lowest BCUT2D eigenvalue weighted by Crippen LogP contribution is -2.39. The van der Waals surface area contributed by atoms with E-state index in [0.717, 1.165) is 42.4 Å². The Labute approximate surface area is 163 Å². The summed E-state index contributed by atoms with van der Waals surface area (Å²) in [6, 6.07) is 14.9. The number of hydrogen-bond acceptors (Lipinski definition) is 3. The van der Waals surface area contributed by atoms with Gasteiger partial charge in [-0.15, -0.1) is 0 Å². The Kier molecular flexibility index (Phi) is 7.67. The predicted molar refractivity (Wildman–Crippen MR) is 112 cm³/mol. The first-order valence-corrected chi connectivity index (χ1v) is 9.59. The number of aromatic hydroxyl groups is 1. The molecule has 141 valence electrons. The summed E-state index contributed by atoms with van der Waals surface area (Å²) in [5.74, 6) is 4.12. The van der Waals surface area contributed by atoms with E-state index in [-0.39, 0.29) is 11.7 Å². The molecule has 0 amide bonds. The van der Waals surface area contributed by atoms with E-state index >= 15 is 0 Å². The van der Waals surface area contributed by atoms with E-state index in [1.807, 2.05) is 50.6 Å². The molecule has 2 rings (SSSR count). The van der Waals surface area contributed by atoms with Crippen LogP contribution in [0.2, 0.25) is 0 Å². The number of aliphatic hydroxyl groups excluding tert-OH is 1. The highest BCUT2D eigenvalue weighted by Crippen LogP contribution is 2.30. The zero-order chi connectivity index (χ0) is 19.7. The zero-order valence-corrected chi connectivity index (χ0v) is 16.4. The molecule has 2 aromatic rings. The van der Waals surface area contributed by atoms with Gasteiger partial charge >= 0.3 is 0 Å². The van der Waals surface area contributed by atoms with Crippen molar-refractivity contribution in [3.8, 4) is 23.5 Å². The summed E-state index contributed by atoms with van der Waals surface area (Å²) in [5.41, 5.74) is 1.34. The minimum Gasteiger partial charge on any atom is -0.508 e. The average Bonchev–Trinajstić information content (AvgIpc) is 2.66. The molecule has 1 radical (unpaired) electrons. The maximum Gasteiger partial charge on any atom is 0.191 e. The van der Waals surface area contributed by atoms with E-state index in [1.54, 1.807) is 12.1 Å². The Balaban J connectivity index is 2.11. The van der Waals surface area contributed by atoms with Crippen molar-refractivity contribution in [3.05, 3.63) is 48.5 Å². The predicted octanol–water partition coefficient (Wildman–Crippen LogP) is 3.73. The highest BCUT2D eigenvalue weighted by Gasteiger charge is 2.33. The number of benzene rings is 2. The van der Waals surface area contributed by atoms with Crippen LogP contribution >= 0.6 is 0 Å². The summed E-state index contributed by atoms with van der Waals surface area (Å²) >= 11 is 0. The van der Waals surface area contributed by atoms with Crippen LogP contribution in [0.4, 0.5) is 0 Å². The monoisotopic (exact) mass is 363 g/mol. The molecule has 0 aromatic heterocycles. The van der Waals surface area contributed by atoms with Gasteiger partial charge < -0.3 is 14.9 Å². The summed E-state index contributed by atoms with van der Waals surface area (Å²) in [5, 5.41) is 18.6. The summed E-state index contributed by atoms with van der Waals surface area (Å²) in [4.78, 5) is 0. The van der Waals surface area contributed by atoms with E-state index in [1.165, 1.54) is 0 Å². The lowest BCUT2D eigenvalue weighted by atomic mass is 9.64. The molecule has 0 saturated heterocycles. The molecule has 0 heterocycles. The summed E-state index contributed by atoms with van der Waals surface area (Å²) in [6.07, 6.45) is 6.27. The fourth-order valence-corrected chi connectivity index (χ4v) is 3.28. The van der Waals surface area contributed by atoms with Crippen LogP contribution in [-0.4, -0.2) is 23.1 Å². The average molecular weight is 363 g/mol.